The Labute approximate surface area is 117 Å². The molecule has 1 aromatic carbocycles. The molecular weight excluding hydrogens is 316 g/mol. The molecule has 19 heavy (non-hydrogen) atoms. The summed E-state index contributed by atoms with van der Waals surface area (Å²) >= 11 is 3.35. The van der Waals surface area contributed by atoms with Crippen molar-refractivity contribution in [3.8, 4) is 11.3 Å². The molecule has 6 heteroatoms. The third-order valence-electron chi connectivity index (χ3n) is 3.38. The van der Waals surface area contributed by atoms with Gasteiger partial charge in [-0.15, -0.1) is 0 Å². The average molecular weight is 328 g/mol. The molecule has 3 nitrogen and oxygen atoms in total. The van der Waals surface area contributed by atoms with Crippen molar-refractivity contribution in [2.75, 3.05) is 0 Å². The molecule has 1 aliphatic rings. The molecule has 0 fully saturated rings. The number of halogens is 3. The van der Waals surface area contributed by atoms with E-state index in [2.05, 4.69) is 20.9 Å². The molecule has 2 N–H and O–H groups in total. The zero-order chi connectivity index (χ0) is 13.6. The van der Waals surface area contributed by atoms with Crippen LogP contribution in [0.1, 0.15) is 12.1 Å². The van der Waals surface area contributed by atoms with Gasteiger partial charge in [0.15, 0.2) is 4.73 Å². The van der Waals surface area contributed by atoms with Crippen LogP contribution in [0.25, 0.3) is 11.3 Å². The zero-order valence-corrected chi connectivity index (χ0v) is 11.6. The summed E-state index contributed by atoms with van der Waals surface area (Å²) in [7, 11) is 0. The van der Waals surface area contributed by atoms with E-state index in [4.69, 9.17) is 5.73 Å². The molecule has 0 saturated carbocycles. The van der Waals surface area contributed by atoms with Crippen molar-refractivity contribution >= 4 is 15.9 Å². The van der Waals surface area contributed by atoms with Crippen LogP contribution in [0.4, 0.5) is 8.78 Å². The summed E-state index contributed by atoms with van der Waals surface area (Å²) < 4.78 is 29.7. The summed E-state index contributed by atoms with van der Waals surface area (Å²) in [4.78, 5) is 4.32. The first kappa shape index (κ1) is 12.7. The van der Waals surface area contributed by atoms with Crippen molar-refractivity contribution in [2.24, 2.45) is 5.73 Å². The molecule has 0 radical (unpaired) electrons. The van der Waals surface area contributed by atoms with E-state index in [0.717, 1.165) is 24.2 Å². The quantitative estimate of drug-likeness (QED) is 0.875. The third-order valence-corrected chi connectivity index (χ3v) is 3.98. The summed E-state index contributed by atoms with van der Waals surface area (Å²) in [6, 6.07) is 3.48. The van der Waals surface area contributed by atoms with Crippen molar-refractivity contribution in [3.63, 3.8) is 0 Å². The summed E-state index contributed by atoms with van der Waals surface area (Å²) in [6.07, 6.45) is 1.53. The minimum atomic E-state index is -0.471. The van der Waals surface area contributed by atoms with Gasteiger partial charge in [0.05, 0.1) is 5.69 Å². The Bertz CT molecular complexity index is 639. The van der Waals surface area contributed by atoms with Gasteiger partial charge in [-0.05, 0) is 47.0 Å². The Hall–Kier alpha value is -1.27. The van der Waals surface area contributed by atoms with Crippen LogP contribution < -0.4 is 5.73 Å². The van der Waals surface area contributed by atoms with E-state index in [1.807, 2.05) is 4.57 Å². The number of imidazole rings is 1. The second-order valence-electron chi connectivity index (χ2n) is 4.71. The monoisotopic (exact) mass is 327 g/mol. The lowest BCUT2D eigenvalue weighted by Gasteiger charge is -2.22. The highest BCUT2D eigenvalue weighted by molar-refractivity contribution is 9.10. The molecule has 1 atom stereocenters. The lowest BCUT2D eigenvalue weighted by atomic mass is 10.0. The molecule has 2 aromatic rings. The van der Waals surface area contributed by atoms with Crippen LogP contribution in [0.3, 0.4) is 0 Å². The van der Waals surface area contributed by atoms with Crippen LogP contribution >= 0.6 is 15.9 Å². The highest BCUT2D eigenvalue weighted by Crippen LogP contribution is 2.32. The van der Waals surface area contributed by atoms with E-state index in [-0.39, 0.29) is 11.6 Å². The number of hydrogen-bond donors (Lipinski definition) is 1. The first-order chi connectivity index (χ1) is 9.06. The van der Waals surface area contributed by atoms with Gasteiger partial charge in [0, 0.05) is 23.8 Å². The zero-order valence-electron chi connectivity index (χ0n) is 10.0. The van der Waals surface area contributed by atoms with E-state index in [9.17, 15) is 8.78 Å². The van der Waals surface area contributed by atoms with Crippen LogP contribution in [-0.4, -0.2) is 15.6 Å². The molecular formula is C13H12BrF2N3. The Morgan fingerprint density at radius 3 is 2.95 bits per heavy atom. The highest BCUT2D eigenvalue weighted by Gasteiger charge is 2.24. The fraction of sp³-hybridized carbons (Fsp3) is 0.308. The maximum atomic E-state index is 13.9. The molecule has 0 aliphatic carbocycles. The Kier molecular flexibility index (Phi) is 3.14. The smallest absolute Gasteiger partial charge is 0.177 e. The molecule has 1 unspecified atom stereocenters. The van der Waals surface area contributed by atoms with Crippen LogP contribution in [0.2, 0.25) is 0 Å². The number of benzene rings is 1. The minimum absolute atomic E-state index is 0.0724. The lowest BCUT2D eigenvalue weighted by molar-refractivity contribution is 0.455. The van der Waals surface area contributed by atoms with Gasteiger partial charge < -0.3 is 10.3 Å². The molecule has 1 aliphatic heterocycles. The van der Waals surface area contributed by atoms with E-state index < -0.39 is 11.6 Å². The number of nitrogens with two attached hydrogens (primary N) is 1. The van der Waals surface area contributed by atoms with Gasteiger partial charge >= 0.3 is 0 Å². The van der Waals surface area contributed by atoms with Gasteiger partial charge in [0.25, 0.3) is 0 Å². The van der Waals surface area contributed by atoms with Crippen LogP contribution in [-0.2, 0) is 13.0 Å². The molecule has 2 heterocycles. The molecule has 0 amide bonds. The maximum Gasteiger partial charge on any atom is 0.177 e. The molecule has 0 saturated heterocycles. The second kappa shape index (κ2) is 4.68. The fourth-order valence-electron chi connectivity index (χ4n) is 2.44. The van der Waals surface area contributed by atoms with Crippen molar-refractivity contribution < 1.29 is 8.78 Å². The van der Waals surface area contributed by atoms with E-state index in [0.29, 0.717) is 23.4 Å². The largest absolute Gasteiger partial charge is 0.326 e. The number of rotatable bonds is 1. The summed E-state index contributed by atoms with van der Waals surface area (Å²) in [6.45, 7) is 0.639. The number of nitrogens with zero attached hydrogens (tertiary/aromatic N) is 2. The van der Waals surface area contributed by atoms with Crippen molar-refractivity contribution in [3.05, 3.63) is 40.3 Å². The predicted octanol–water partition coefficient (Wildman–Crippen LogP) is 2.86. The Morgan fingerprint density at radius 2 is 2.16 bits per heavy atom. The normalized spacial score (nSPS) is 18.4. The third kappa shape index (κ3) is 2.19. The van der Waals surface area contributed by atoms with Crippen molar-refractivity contribution in [1.82, 2.24) is 9.55 Å². The van der Waals surface area contributed by atoms with E-state index in [1.54, 1.807) is 0 Å². The van der Waals surface area contributed by atoms with Gasteiger partial charge in [-0.25, -0.2) is 13.8 Å². The summed E-state index contributed by atoms with van der Waals surface area (Å²) in [5.74, 6) is -0.938. The molecule has 3 rings (SSSR count). The summed E-state index contributed by atoms with van der Waals surface area (Å²) in [5, 5.41) is 0. The fourth-order valence-corrected chi connectivity index (χ4v) is 2.97. The standard InChI is InChI=1S/C13H12BrF2N3/c14-13-18-12(9-5-7(15)1-3-10(9)16)11-4-2-8(17)6-19(11)13/h1,3,5,8H,2,4,6,17H2. The molecule has 100 valence electrons. The number of aromatic nitrogens is 2. The van der Waals surface area contributed by atoms with Gasteiger partial charge in [-0.3, -0.25) is 0 Å². The molecule has 0 spiro atoms. The molecule has 0 bridgehead atoms. The predicted molar refractivity (Wildman–Crippen MR) is 71.6 cm³/mol. The lowest BCUT2D eigenvalue weighted by Crippen LogP contribution is -2.31. The molecule has 1 aromatic heterocycles. The van der Waals surface area contributed by atoms with E-state index >= 15 is 0 Å². The second-order valence-corrected chi connectivity index (χ2v) is 5.42. The summed E-state index contributed by atoms with van der Waals surface area (Å²) in [5.41, 5.74) is 7.51. The SMILES string of the molecule is NC1CCc2c(-c3cc(F)ccc3F)nc(Br)n2C1. The number of hydrogen-bond acceptors (Lipinski definition) is 2. The maximum absolute atomic E-state index is 13.9. The topological polar surface area (TPSA) is 43.8 Å². The van der Waals surface area contributed by atoms with Crippen LogP contribution in [0, 0.1) is 11.6 Å². The van der Waals surface area contributed by atoms with Crippen molar-refractivity contribution in [1.29, 1.82) is 0 Å². The highest BCUT2D eigenvalue weighted by atomic mass is 79.9. The Balaban J connectivity index is 2.16. The Morgan fingerprint density at radius 1 is 1.37 bits per heavy atom. The van der Waals surface area contributed by atoms with Crippen LogP contribution in [0.5, 0.6) is 0 Å². The average Bonchev–Trinajstić information content (AvgIpc) is 2.69. The van der Waals surface area contributed by atoms with Gasteiger partial charge in [0.2, 0.25) is 0 Å². The van der Waals surface area contributed by atoms with Crippen molar-refractivity contribution in [2.45, 2.75) is 25.4 Å². The van der Waals surface area contributed by atoms with Gasteiger partial charge in [0.1, 0.15) is 11.6 Å². The first-order valence-corrected chi connectivity index (χ1v) is 6.81. The first-order valence-electron chi connectivity index (χ1n) is 6.02. The van der Waals surface area contributed by atoms with Gasteiger partial charge in [-0.1, -0.05) is 0 Å². The van der Waals surface area contributed by atoms with E-state index in [1.165, 1.54) is 6.07 Å². The minimum Gasteiger partial charge on any atom is -0.326 e. The van der Waals surface area contributed by atoms with Crippen LogP contribution in [0.15, 0.2) is 22.9 Å². The number of fused-ring (bicyclic) bond motifs is 1. The van der Waals surface area contributed by atoms with Gasteiger partial charge in [-0.2, -0.15) is 0 Å².